The molecule has 1 aliphatic heterocycles. The molecule has 1 amide bonds. The molecule has 30 heavy (non-hydrogen) atoms. The number of hydrogen-bond donors (Lipinski definition) is 3. The largest absolute Gasteiger partial charge is 0.350 e. The first kappa shape index (κ1) is 19.2. The molecule has 0 bridgehead atoms. The van der Waals surface area contributed by atoms with E-state index in [1.807, 2.05) is 0 Å². The number of hydrogen-bond acceptors (Lipinski definition) is 4. The van der Waals surface area contributed by atoms with E-state index < -0.39 is 23.2 Å². The van der Waals surface area contributed by atoms with Crippen molar-refractivity contribution in [3.05, 3.63) is 67.5 Å². The Kier molecular flexibility index (Phi) is 4.42. The molecule has 154 valence electrons. The van der Waals surface area contributed by atoms with Gasteiger partial charge in [-0.15, -0.1) is 11.3 Å². The highest BCUT2D eigenvalue weighted by molar-refractivity contribution is 7.22. The van der Waals surface area contributed by atoms with E-state index in [9.17, 15) is 18.4 Å². The summed E-state index contributed by atoms with van der Waals surface area (Å²) >= 11 is 7.36. The van der Waals surface area contributed by atoms with Crippen LogP contribution in [0.3, 0.4) is 0 Å². The van der Waals surface area contributed by atoms with Crippen LogP contribution < -0.4 is 10.9 Å². The van der Waals surface area contributed by atoms with Crippen molar-refractivity contribution in [1.29, 1.82) is 0 Å². The van der Waals surface area contributed by atoms with Crippen LogP contribution in [0.25, 0.3) is 21.0 Å². The van der Waals surface area contributed by atoms with Crippen molar-refractivity contribution in [3.8, 4) is 0 Å². The monoisotopic (exact) mass is 448 g/mol. The fourth-order valence-corrected chi connectivity index (χ4v) is 5.16. The number of amides is 1. The van der Waals surface area contributed by atoms with Crippen LogP contribution in [-0.2, 0) is 6.54 Å². The van der Waals surface area contributed by atoms with Gasteiger partial charge in [-0.2, -0.15) is 0 Å². The number of nitrogens with one attached hydrogen (secondary N) is 3. The van der Waals surface area contributed by atoms with Gasteiger partial charge in [-0.1, -0.05) is 11.6 Å². The number of pyridine rings is 1. The molecule has 1 aliphatic rings. The van der Waals surface area contributed by atoms with Crippen molar-refractivity contribution in [2.75, 3.05) is 13.6 Å². The number of carbonyl (C=O) groups is 1. The fourth-order valence-electron chi connectivity index (χ4n) is 4.02. The van der Waals surface area contributed by atoms with Gasteiger partial charge in [0, 0.05) is 31.4 Å². The second kappa shape index (κ2) is 6.90. The topological polar surface area (TPSA) is 81.0 Å². The quantitative estimate of drug-likeness (QED) is 0.435. The normalized spacial score (nSPS) is 16.2. The van der Waals surface area contributed by atoms with Crippen molar-refractivity contribution in [2.24, 2.45) is 0 Å². The average Bonchev–Trinajstić information content (AvgIpc) is 3.25. The third kappa shape index (κ3) is 2.92. The van der Waals surface area contributed by atoms with E-state index in [4.69, 9.17) is 11.6 Å². The molecule has 0 fully saturated rings. The molecule has 1 aromatic carbocycles. The number of fused-ring (bicyclic) bond motifs is 4. The molecule has 0 unspecified atom stereocenters. The highest BCUT2D eigenvalue weighted by Crippen LogP contribution is 2.34. The summed E-state index contributed by atoms with van der Waals surface area (Å²) in [5.41, 5.74) is 1.83. The smallest absolute Gasteiger partial charge is 0.270 e. The molecule has 1 atom stereocenters. The lowest BCUT2D eigenvalue weighted by molar-refractivity contribution is 0.0718. The van der Waals surface area contributed by atoms with Crippen LogP contribution in [0.5, 0.6) is 0 Å². The Morgan fingerprint density at radius 3 is 2.63 bits per heavy atom. The third-order valence-electron chi connectivity index (χ3n) is 5.45. The Morgan fingerprint density at radius 1 is 1.17 bits per heavy atom. The van der Waals surface area contributed by atoms with Gasteiger partial charge in [0.25, 0.3) is 11.5 Å². The first-order chi connectivity index (χ1) is 14.3. The number of aromatic nitrogens is 2. The highest BCUT2D eigenvalue weighted by Gasteiger charge is 2.31. The molecule has 5 rings (SSSR count). The molecule has 0 saturated carbocycles. The second-order valence-corrected chi connectivity index (χ2v) is 8.95. The van der Waals surface area contributed by atoms with Crippen molar-refractivity contribution >= 4 is 49.8 Å². The summed E-state index contributed by atoms with van der Waals surface area (Å²) in [5.74, 6) is -2.40. The van der Waals surface area contributed by atoms with Gasteiger partial charge in [-0.25, -0.2) is 8.78 Å². The van der Waals surface area contributed by atoms with Gasteiger partial charge in [0.15, 0.2) is 11.6 Å². The minimum Gasteiger partial charge on any atom is -0.350 e. The molecular weight excluding hydrogens is 434 g/mol. The molecule has 0 radical (unpaired) electrons. The lowest BCUT2D eigenvalue weighted by Gasteiger charge is -2.34. The molecule has 4 aromatic rings. The summed E-state index contributed by atoms with van der Waals surface area (Å²) in [6, 6.07) is 4.93. The maximum atomic E-state index is 14.0. The Labute approximate surface area is 177 Å². The maximum absolute atomic E-state index is 14.0. The number of H-pyrrole nitrogens is 2. The van der Waals surface area contributed by atoms with E-state index in [0.29, 0.717) is 39.8 Å². The Balaban J connectivity index is 1.61. The summed E-state index contributed by atoms with van der Waals surface area (Å²) < 4.78 is 29.3. The number of carbonyl (C=O) groups excluding carboxylic acids is 1. The predicted molar refractivity (Wildman–Crippen MR) is 112 cm³/mol. The van der Waals surface area contributed by atoms with E-state index in [-0.39, 0.29) is 11.3 Å². The minimum absolute atomic E-state index is 0.0513. The Hall–Kier alpha value is -2.75. The summed E-state index contributed by atoms with van der Waals surface area (Å²) in [6.07, 6.45) is 0. The first-order valence-electron chi connectivity index (χ1n) is 9.13. The van der Waals surface area contributed by atoms with E-state index in [1.165, 1.54) is 16.2 Å². The number of halogens is 3. The van der Waals surface area contributed by atoms with Crippen LogP contribution in [0, 0.1) is 11.6 Å². The molecule has 4 heterocycles. The summed E-state index contributed by atoms with van der Waals surface area (Å²) in [6.45, 7) is 0.755. The molecular formula is C20H15ClF2N4O2S. The highest BCUT2D eigenvalue weighted by atomic mass is 35.5. The van der Waals surface area contributed by atoms with Crippen molar-refractivity contribution in [3.63, 3.8) is 0 Å². The molecule has 6 nitrogen and oxygen atoms in total. The number of likely N-dealkylation sites (N-methyl/N-ethyl adjacent to an activating group) is 1. The van der Waals surface area contributed by atoms with Crippen LogP contribution >= 0.6 is 22.9 Å². The number of thiophene rings is 1. The molecule has 3 aromatic heterocycles. The predicted octanol–water partition coefficient (Wildman–Crippen LogP) is 3.92. The van der Waals surface area contributed by atoms with Crippen molar-refractivity contribution in [2.45, 2.75) is 12.6 Å². The van der Waals surface area contributed by atoms with E-state index >= 15 is 0 Å². The molecule has 10 heteroatoms. The van der Waals surface area contributed by atoms with Gasteiger partial charge in [0.2, 0.25) is 0 Å². The number of rotatable bonds is 2. The van der Waals surface area contributed by atoms with Crippen molar-refractivity contribution in [1.82, 2.24) is 20.2 Å². The number of benzene rings is 1. The van der Waals surface area contributed by atoms with Crippen LogP contribution in [-0.4, -0.2) is 34.4 Å². The number of aromatic amines is 2. The van der Waals surface area contributed by atoms with Crippen LogP contribution in [0.1, 0.15) is 27.8 Å². The van der Waals surface area contributed by atoms with Gasteiger partial charge in [0.1, 0.15) is 5.69 Å². The molecule has 0 spiro atoms. The number of nitrogens with zero attached hydrogens (tertiary/aromatic N) is 1. The van der Waals surface area contributed by atoms with E-state index in [2.05, 4.69) is 15.3 Å². The van der Waals surface area contributed by atoms with E-state index in [1.54, 1.807) is 19.2 Å². The van der Waals surface area contributed by atoms with Gasteiger partial charge < -0.3 is 20.2 Å². The minimum atomic E-state index is -1.09. The molecule has 3 N–H and O–H groups in total. The SMILES string of the molecule is CN(C(=O)c1cc2sc(Cl)cc2[nH]1)[C@H]1CNCc2[nH]c(=O)c3cc(F)c(F)cc3c21. The molecule has 0 saturated heterocycles. The zero-order valence-corrected chi connectivity index (χ0v) is 17.2. The van der Waals surface area contributed by atoms with Gasteiger partial charge in [-0.05, 0) is 29.7 Å². The lowest BCUT2D eigenvalue weighted by atomic mass is 9.93. The second-order valence-electron chi connectivity index (χ2n) is 7.23. The van der Waals surface area contributed by atoms with E-state index in [0.717, 1.165) is 22.3 Å². The van der Waals surface area contributed by atoms with Gasteiger partial charge in [-0.3, -0.25) is 9.59 Å². The summed E-state index contributed by atoms with van der Waals surface area (Å²) in [5, 5.41) is 3.52. The van der Waals surface area contributed by atoms with Gasteiger partial charge in [0.05, 0.1) is 26.0 Å². The molecule has 0 aliphatic carbocycles. The Morgan fingerprint density at radius 2 is 1.90 bits per heavy atom. The van der Waals surface area contributed by atoms with Crippen LogP contribution in [0.4, 0.5) is 8.78 Å². The van der Waals surface area contributed by atoms with Crippen LogP contribution in [0.15, 0.2) is 29.1 Å². The van der Waals surface area contributed by atoms with Crippen molar-refractivity contribution < 1.29 is 13.6 Å². The summed E-state index contributed by atoms with van der Waals surface area (Å²) in [7, 11) is 1.64. The fraction of sp³-hybridized carbons (Fsp3) is 0.200. The first-order valence-corrected chi connectivity index (χ1v) is 10.3. The summed E-state index contributed by atoms with van der Waals surface area (Å²) in [4.78, 5) is 32.9. The standard InChI is InChI=1S/C20H15ClF2N4O2S/c1-27(20(29)13-4-16-12(25-13)5-17(21)30-16)15-7-24-6-14-18(15)8-2-10(22)11(23)3-9(8)19(28)26-14/h2-5,15,24-25H,6-7H2,1H3,(H,26,28)/t15-/m0/s1. The lowest BCUT2D eigenvalue weighted by Crippen LogP contribution is -2.42. The average molecular weight is 449 g/mol. The zero-order chi connectivity index (χ0) is 21.2. The zero-order valence-electron chi connectivity index (χ0n) is 15.6. The third-order valence-corrected chi connectivity index (χ3v) is 6.66. The van der Waals surface area contributed by atoms with Gasteiger partial charge >= 0.3 is 0 Å². The maximum Gasteiger partial charge on any atom is 0.270 e. The van der Waals surface area contributed by atoms with Crippen LogP contribution in [0.2, 0.25) is 4.34 Å². The Bertz CT molecular complexity index is 1360.